The number of benzene rings is 1. The van der Waals surface area contributed by atoms with Crippen molar-refractivity contribution >= 4 is 23.6 Å². The number of rotatable bonds is 9. The van der Waals surface area contributed by atoms with E-state index in [4.69, 9.17) is 9.84 Å². The first-order chi connectivity index (χ1) is 9.61. The normalized spacial score (nSPS) is 10.1. The lowest BCUT2D eigenvalue weighted by Crippen LogP contribution is -2.22. The summed E-state index contributed by atoms with van der Waals surface area (Å²) in [7, 11) is 0. The summed E-state index contributed by atoms with van der Waals surface area (Å²) in [5, 5.41) is 11.4. The number of nitrogens with one attached hydrogen (secondary N) is 1. The van der Waals surface area contributed by atoms with Gasteiger partial charge in [-0.05, 0) is 36.1 Å². The monoisotopic (exact) mass is 297 g/mol. The van der Waals surface area contributed by atoms with Crippen molar-refractivity contribution in [2.75, 3.05) is 18.6 Å². The Morgan fingerprint density at radius 2 is 2.20 bits per heavy atom. The predicted octanol–water partition coefficient (Wildman–Crippen LogP) is 1.91. The number of thioether (sulfide) groups is 1. The first kappa shape index (κ1) is 16.4. The molecule has 0 aliphatic carbocycles. The zero-order chi connectivity index (χ0) is 14.8. The van der Waals surface area contributed by atoms with E-state index in [-0.39, 0.29) is 12.5 Å². The molecule has 0 saturated heterocycles. The maximum atomic E-state index is 11.6. The van der Waals surface area contributed by atoms with Crippen LogP contribution in [-0.4, -0.2) is 35.6 Å². The Morgan fingerprint density at radius 3 is 2.90 bits per heavy atom. The van der Waals surface area contributed by atoms with E-state index in [1.165, 1.54) is 0 Å². The van der Waals surface area contributed by atoms with Gasteiger partial charge >= 0.3 is 5.97 Å². The van der Waals surface area contributed by atoms with Crippen molar-refractivity contribution < 1.29 is 19.4 Å². The summed E-state index contributed by atoms with van der Waals surface area (Å²) in [5.74, 6) is 0.473. The summed E-state index contributed by atoms with van der Waals surface area (Å²) in [6, 6.07) is 7.04. The number of aliphatic carboxylic acids is 1. The minimum atomic E-state index is -1.02. The van der Waals surface area contributed by atoms with Gasteiger partial charge in [0.2, 0.25) is 5.91 Å². The standard InChI is InChI=1S/C14H19NO4S/c1-20-7-3-6-13(16)15-9-11-4-2-5-12(8-11)19-10-14(17)18/h2,4-5,8H,3,6-7,9-10H2,1H3,(H,15,16)(H,17,18). The first-order valence-electron chi connectivity index (χ1n) is 6.31. The van der Waals surface area contributed by atoms with E-state index in [0.717, 1.165) is 17.7 Å². The van der Waals surface area contributed by atoms with Crippen LogP contribution in [-0.2, 0) is 16.1 Å². The lowest BCUT2D eigenvalue weighted by molar-refractivity contribution is -0.139. The van der Waals surface area contributed by atoms with Gasteiger partial charge in [0.1, 0.15) is 5.75 Å². The molecular weight excluding hydrogens is 278 g/mol. The van der Waals surface area contributed by atoms with Gasteiger partial charge in [0.25, 0.3) is 0 Å². The zero-order valence-corrected chi connectivity index (χ0v) is 12.2. The smallest absolute Gasteiger partial charge is 0.341 e. The molecule has 2 N–H and O–H groups in total. The van der Waals surface area contributed by atoms with E-state index in [2.05, 4.69) is 5.32 Å². The number of amides is 1. The van der Waals surface area contributed by atoms with Crippen LogP contribution in [0.2, 0.25) is 0 Å². The molecule has 0 unspecified atom stereocenters. The third-order valence-corrected chi connectivity index (χ3v) is 3.20. The van der Waals surface area contributed by atoms with Crippen molar-refractivity contribution in [3.05, 3.63) is 29.8 Å². The molecule has 5 nitrogen and oxygen atoms in total. The van der Waals surface area contributed by atoms with Crippen LogP contribution in [0.3, 0.4) is 0 Å². The van der Waals surface area contributed by atoms with E-state index in [1.807, 2.05) is 12.3 Å². The largest absolute Gasteiger partial charge is 0.482 e. The van der Waals surface area contributed by atoms with E-state index >= 15 is 0 Å². The fraction of sp³-hybridized carbons (Fsp3) is 0.429. The van der Waals surface area contributed by atoms with Crippen LogP contribution in [0.15, 0.2) is 24.3 Å². The molecule has 0 heterocycles. The molecule has 6 heteroatoms. The molecule has 110 valence electrons. The maximum absolute atomic E-state index is 11.6. The van der Waals surface area contributed by atoms with Crippen molar-refractivity contribution in [3.63, 3.8) is 0 Å². The fourth-order valence-electron chi connectivity index (χ4n) is 1.56. The van der Waals surface area contributed by atoms with Crippen LogP contribution in [0.4, 0.5) is 0 Å². The summed E-state index contributed by atoms with van der Waals surface area (Å²) >= 11 is 1.72. The summed E-state index contributed by atoms with van der Waals surface area (Å²) in [6.07, 6.45) is 3.41. The summed E-state index contributed by atoms with van der Waals surface area (Å²) < 4.78 is 5.08. The number of hydrogen-bond donors (Lipinski definition) is 2. The second-order valence-corrected chi connectivity index (χ2v) is 5.19. The molecule has 0 saturated carbocycles. The minimum absolute atomic E-state index is 0.0240. The summed E-state index contributed by atoms with van der Waals surface area (Å²) in [4.78, 5) is 22.0. The van der Waals surface area contributed by atoms with E-state index in [0.29, 0.717) is 18.7 Å². The van der Waals surface area contributed by atoms with Gasteiger partial charge in [-0.2, -0.15) is 11.8 Å². The highest BCUT2D eigenvalue weighted by Gasteiger charge is 2.03. The number of carbonyl (C=O) groups is 2. The van der Waals surface area contributed by atoms with E-state index in [1.54, 1.807) is 30.0 Å². The predicted molar refractivity (Wildman–Crippen MR) is 79.0 cm³/mol. The number of hydrogen-bond acceptors (Lipinski definition) is 4. The molecule has 0 bridgehead atoms. The number of carboxylic acid groups (broad SMARTS) is 1. The van der Waals surface area contributed by atoms with Gasteiger partial charge in [-0.3, -0.25) is 4.79 Å². The molecule has 0 aromatic heterocycles. The highest BCUT2D eigenvalue weighted by molar-refractivity contribution is 7.98. The molecule has 0 aliphatic rings. The third kappa shape index (κ3) is 7.04. The molecule has 1 aromatic rings. The zero-order valence-electron chi connectivity index (χ0n) is 11.4. The highest BCUT2D eigenvalue weighted by atomic mass is 32.2. The molecule has 20 heavy (non-hydrogen) atoms. The van der Waals surface area contributed by atoms with Crippen molar-refractivity contribution in [3.8, 4) is 5.75 Å². The van der Waals surface area contributed by atoms with Crippen LogP contribution in [0.1, 0.15) is 18.4 Å². The van der Waals surface area contributed by atoms with Crippen LogP contribution >= 0.6 is 11.8 Å². The molecule has 1 rings (SSSR count). The second-order valence-electron chi connectivity index (χ2n) is 4.20. The van der Waals surface area contributed by atoms with Crippen molar-refractivity contribution in [2.45, 2.75) is 19.4 Å². The average molecular weight is 297 g/mol. The number of ether oxygens (including phenoxy) is 1. The lowest BCUT2D eigenvalue weighted by Gasteiger charge is -2.07. The summed E-state index contributed by atoms with van der Waals surface area (Å²) in [6.45, 7) is 0.0485. The van der Waals surface area contributed by atoms with E-state index in [9.17, 15) is 9.59 Å². The van der Waals surface area contributed by atoms with Crippen molar-refractivity contribution in [2.24, 2.45) is 0 Å². The second kappa shape index (κ2) is 9.25. The van der Waals surface area contributed by atoms with Crippen LogP contribution < -0.4 is 10.1 Å². The third-order valence-electron chi connectivity index (χ3n) is 2.50. The average Bonchev–Trinajstić information content (AvgIpc) is 2.44. The molecule has 1 aromatic carbocycles. The Bertz CT molecular complexity index is 451. The molecule has 0 aliphatic heterocycles. The van der Waals surface area contributed by atoms with Gasteiger partial charge in [0.15, 0.2) is 6.61 Å². The highest BCUT2D eigenvalue weighted by Crippen LogP contribution is 2.13. The Labute approximate surface area is 122 Å². The van der Waals surface area contributed by atoms with Crippen LogP contribution in [0, 0.1) is 0 Å². The van der Waals surface area contributed by atoms with Crippen LogP contribution in [0.5, 0.6) is 5.75 Å². The van der Waals surface area contributed by atoms with Gasteiger partial charge in [0, 0.05) is 13.0 Å². The quantitative estimate of drug-likeness (QED) is 0.681. The van der Waals surface area contributed by atoms with Gasteiger partial charge < -0.3 is 15.2 Å². The van der Waals surface area contributed by atoms with Gasteiger partial charge in [-0.15, -0.1) is 0 Å². The Morgan fingerprint density at radius 1 is 1.40 bits per heavy atom. The Kier molecular flexibility index (Phi) is 7.57. The Hall–Kier alpha value is -1.69. The number of carboxylic acids is 1. The molecule has 0 fully saturated rings. The number of carbonyl (C=O) groups excluding carboxylic acids is 1. The fourth-order valence-corrected chi connectivity index (χ4v) is 1.99. The van der Waals surface area contributed by atoms with Gasteiger partial charge in [-0.1, -0.05) is 12.1 Å². The van der Waals surface area contributed by atoms with Crippen LogP contribution in [0.25, 0.3) is 0 Å². The molecule has 0 atom stereocenters. The van der Waals surface area contributed by atoms with Gasteiger partial charge in [-0.25, -0.2) is 4.79 Å². The lowest BCUT2D eigenvalue weighted by atomic mass is 10.2. The topological polar surface area (TPSA) is 75.6 Å². The Balaban J connectivity index is 2.38. The molecular formula is C14H19NO4S. The van der Waals surface area contributed by atoms with Crippen molar-refractivity contribution in [1.29, 1.82) is 0 Å². The molecule has 0 radical (unpaired) electrons. The SMILES string of the molecule is CSCCCC(=O)NCc1cccc(OCC(=O)O)c1. The van der Waals surface area contributed by atoms with Gasteiger partial charge in [0.05, 0.1) is 0 Å². The maximum Gasteiger partial charge on any atom is 0.341 e. The van der Waals surface area contributed by atoms with Crippen molar-refractivity contribution in [1.82, 2.24) is 5.32 Å². The first-order valence-corrected chi connectivity index (χ1v) is 7.70. The molecule has 0 spiro atoms. The minimum Gasteiger partial charge on any atom is -0.482 e. The molecule has 1 amide bonds. The van der Waals surface area contributed by atoms with E-state index < -0.39 is 5.97 Å². The summed E-state index contributed by atoms with van der Waals surface area (Å²) in [5.41, 5.74) is 0.881.